The summed E-state index contributed by atoms with van der Waals surface area (Å²) in [4.78, 5) is 0. The second-order valence-corrected chi connectivity index (χ2v) is 5.30. The number of hydrogen-bond donors (Lipinski definition) is 1. The van der Waals surface area contributed by atoms with Crippen LogP contribution >= 0.6 is 15.9 Å². The fraction of sp³-hybridized carbons (Fsp3) is 0.727. The Morgan fingerprint density at radius 3 is 2.73 bits per heavy atom. The van der Waals surface area contributed by atoms with Crippen molar-refractivity contribution in [2.45, 2.75) is 38.7 Å². The molecule has 1 heterocycles. The van der Waals surface area contributed by atoms with Gasteiger partial charge in [-0.25, -0.2) is 0 Å². The maximum absolute atomic E-state index is 9.49. The molecule has 1 N–H and O–H groups in total. The number of aryl methyl sites for hydroxylation is 2. The quantitative estimate of drug-likeness (QED) is 0.897. The topological polar surface area (TPSA) is 38.0 Å². The summed E-state index contributed by atoms with van der Waals surface area (Å²) in [5.41, 5.74) is 2.30. The van der Waals surface area contributed by atoms with Gasteiger partial charge in [0.15, 0.2) is 0 Å². The van der Waals surface area contributed by atoms with Crippen LogP contribution in [-0.4, -0.2) is 21.0 Å². The summed E-state index contributed by atoms with van der Waals surface area (Å²) in [6.07, 6.45) is 3.98. The number of nitrogens with zero attached hydrogens (tertiary/aromatic N) is 2. The number of aromatic nitrogens is 2. The Bertz CT molecular complexity index is 362. The van der Waals surface area contributed by atoms with Gasteiger partial charge in [0.2, 0.25) is 0 Å². The molecule has 84 valence electrons. The highest BCUT2D eigenvalue weighted by atomic mass is 79.9. The van der Waals surface area contributed by atoms with Crippen LogP contribution in [0.3, 0.4) is 0 Å². The van der Waals surface area contributed by atoms with Crippen LogP contribution in [0, 0.1) is 12.8 Å². The van der Waals surface area contributed by atoms with E-state index < -0.39 is 0 Å². The second-order valence-electron chi connectivity index (χ2n) is 4.51. The minimum Gasteiger partial charge on any atom is -0.393 e. The molecule has 0 amide bonds. The van der Waals surface area contributed by atoms with Gasteiger partial charge in [-0.3, -0.25) is 4.68 Å². The smallest absolute Gasteiger partial charge is 0.0738 e. The largest absolute Gasteiger partial charge is 0.393 e. The van der Waals surface area contributed by atoms with Crippen molar-refractivity contribution in [1.82, 2.24) is 9.78 Å². The van der Waals surface area contributed by atoms with Crippen molar-refractivity contribution in [2.75, 3.05) is 0 Å². The Kier molecular flexibility index (Phi) is 3.16. The summed E-state index contributed by atoms with van der Waals surface area (Å²) in [7, 11) is 1.98. The average Bonchev–Trinajstić information content (AvgIpc) is 2.67. The number of hydrogen-bond acceptors (Lipinski definition) is 2. The predicted molar refractivity (Wildman–Crippen MR) is 62.7 cm³/mol. The van der Waals surface area contributed by atoms with E-state index in [1.165, 1.54) is 5.69 Å². The van der Waals surface area contributed by atoms with Crippen molar-refractivity contribution in [2.24, 2.45) is 13.0 Å². The van der Waals surface area contributed by atoms with Gasteiger partial charge in [-0.1, -0.05) is 0 Å². The molecular weight excluding hydrogens is 256 g/mol. The Labute approximate surface area is 98.6 Å². The van der Waals surface area contributed by atoms with Crippen molar-refractivity contribution in [1.29, 1.82) is 0 Å². The summed E-state index contributed by atoms with van der Waals surface area (Å²) >= 11 is 3.58. The Morgan fingerprint density at radius 1 is 1.53 bits per heavy atom. The third-order valence-electron chi connectivity index (χ3n) is 3.26. The van der Waals surface area contributed by atoms with Crippen LogP contribution in [0.5, 0.6) is 0 Å². The summed E-state index contributed by atoms with van der Waals surface area (Å²) in [5, 5.41) is 13.9. The van der Waals surface area contributed by atoms with Crippen molar-refractivity contribution >= 4 is 15.9 Å². The van der Waals surface area contributed by atoms with Gasteiger partial charge in [-0.05, 0) is 54.5 Å². The third-order valence-corrected chi connectivity index (χ3v) is 4.29. The molecule has 1 aromatic heterocycles. The Morgan fingerprint density at radius 2 is 2.27 bits per heavy atom. The second kappa shape index (κ2) is 4.26. The molecule has 4 heteroatoms. The average molecular weight is 273 g/mol. The van der Waals surface area contributed by atoms with Crippen molar-refractivity contribution in [3.8, 4) is 0 Å². The van der Waals surface area contributed by atoms with E-state index in [4.69, 9.17) is 0 Å². The first-order valence-corrected chi connectivity index (χ1v) is 6.23. The number of aliphatic hydroxyl groups excluding tert-OH is 1. The molecule has 0 radical (unpaired) electrons. The van der Waals surface area contributed by atoms with Gasteiger partial charge >= 0.3 is 0 Å². The highest BCUT2D eigenvalue weighted by Gasteiger charge is 2.25. The lowest BCUT2D eigenvalue weighted by molar-refractivity contribution is 0.177. The number of rotatable bonds is 2. The molecule has 1 saturated carbocycles. The first-order valence-electron chi connectivity index (χ1n) is 5.44. The van der Waals surface area contributed by atoms with E-state index >= 15 is 0 Å². The zero-order valence-corrected chi connectivity index (χ0v) is 10.8. The summed E-state index contributed by atoms with van der Waals surface area (Å²) in [5.74, 6) is 0.617. The number of halogens is 1. The zero-order chi connectivity index (χ0) is 11.0. The standard InChI is InChI=1S/C11H17BrN2O/c1-7-11(12)10(14(2)13-7)6-8-3-4-9(15)5-8/h8-9,15H,3-6H2,1-2H3. The third kappa shape index (κ3) is 2.26. The van der Waals surface area contributed by atoms with Gasteiger partial charge in [-0.2, -0.15) is 5.10 Å². The van der Waals surface area contributed by atoms with Gasteiger partial charge in [0.25, 0.3) is 0 Å². The van der Waals surface area contributed by atoms with Crippen LogP contribution in [0.4, 0.5) is 0 Å². The molecule has 3 nitrogen and oxygen atoms in total. The molecule has 2 unspecified atom stereocenters. The van der Waals surface area contributed by atoms with E-state index in [0.29, 0.717) is 5.92 Å². The van der Waals surface area contributed by atoms with E-state index in [1.54, 1.807) is 0 Å². The SMILES string of the molecule is Cc1nn(C)c(CC2CCC(O)C2)c1Br. The van der Waals surface area contributed by atoms with Crippen LogP contribution in [0.1, 0.15) is 30.7 Å². The van der Waals surface area contributed by atoms with E-state index in [-0.39, 0.29) is 6.10 Å². The fourth-order valence-corrected chi connectivity index (χ4v) is 2.91. The molecule has 1 fully saturated rings. The van der Waals surface area contributed by atoms with E-state index in [1.807, 2.05) is 18.7 Å². The molecule has 0 saturated heterocycles. The maximum atomic E-state index is 9.49. The lowest BCUT2D eigenvalue weighted by Gasteiger charge is -2.09. The van der Waals surface area contributed by atoms with Crippen LogP contribution in [0.25, 0.3) is 0 Å². The Balaban J connectivity index is 2.10. The van der Waals surface area contributed by atoms with E-state index in [2.05, 4.69) is 21.0 Å². The molecule has 0 bridgehead atoms. The molecule has 1 aliphatic carbocycles. The molecule has 0 spiro atoms. The maximum Gasteiger partial charge on any atom is 0.0738 e. The lowest BCUT2D eigenvalue weighted by Crippen LogP contribution is -2.07. The molecule has 1 aliphatic rings. The van der Waals surface area contributed by atoms with Gasteiger partial charge in [0, 0.05) is 7.05 Å². The zero-order valence-electron chi connectivity index (χ0n) is 9.20. The fourth-order valence-electron chi connectivity index (χ4n) is 2.41. The van der Waals surface area contributed by atoms with Gasteiger partial charge in [0.05, 0.1) is 22.0 Å². The van der Waals surface area contributed by atoms with Crippen LogP contribution in [-0.2, 0) is 13.5 Å². The van der Waals surface area contributed by atoms with Crippen molar-refractivity contribution < 1.29 is 5.11 Å². The summed E-state index contributed by atoms with van der Waals surface area (Å²) < 4.78 is 3.08. The molecule has 0 aliphatic heterocycles. The van der Waals surface area contributed by atoms with E-state index in [0.717, 1.165) is 35.8 Å². The molecule has 1 aromatic rings. The normalized spacial score (nSPS) is 26.1. The van der Waals surface area contributed by atoms with Gasteiger partial charge in [0.1, 0.15) is 0 Å². The molecule has 2 atom stereocenters. The van der Waals surface area contributed by atoms with E-state index in [9.17, 15) is 5.11 Å². The minimum absolute atomic E-state index is 0.0805. The Hall–Kier alpha value is -0.350. The van der Waals surface area contributed by atoms with Gasteiger partial charge < -0.3 is 5.11 Å². The van der Waals surface area contributed by atoms with Gasteiger partial charge in [-0.15, -0.1) is 0 Å². The summed E-state index contributed by atoms with van der Waals surface area (Å²) in [6, 6.07) is 0. The lowest BCUT2D eigenvalue weighted by atomic mass is 10.0. The summed E-state index contributed by atoms with van der Waals surface area (Å²) in [6.45, 7) is 2.01. The first kappa shape index (κ1) is 11.1. The molecule has 15 heavy (non-hydrogen) atoms. The van der Waals surface area contributed by atoms with Crippen LogP contribution in [0.15, 0.2) is 4.47 Å². The highest BCUT2D eigenvalue weighted by Crippen LogP contribution is 2.31. The monoisotopic (exact) mass is 272 g/mol. The predicted octanol–water partition coefficient (Wildman–Crippen LogP) is 2.19. The molecule has 2 rings (SSSR count). The van der Waals surface area contributed by atoms with Crippen molar-refractivity contribution in [3.63, 3.8) is 0 Å². The molecule has 0 aromatic carbocycles. The highest BCUT2D eigenvalue weighted by molar-refractivity contribution is 9.10. The van der Waals surface area contributed by atoms with Crippen molar-refractivity contribution in [3.05, 3.63) is 15.9 Å². The van der Waals surface area contributed by atoms with Crippen LogP contribution in [0.2, 0.25) is 0 Å². The molecular formula is C11H17BrN2O. The minimum atomic E-state index is -0.0805. The van der Waals surface area contributed by atoms with Crippen LogP contribution < -0.4 is 0 Å². The number of aliphatic hydroxyl groups is 1. The first-order chi connectivity index (χ1) is 7.08.